The summed E-state index contributed by atoms with van der Waals surface area (Å²) in [5.74, 6) is -4.83. The van der Waals surface area contributed by atoms with Gasteiger partial charge in [0.05, 0.1) is 6.54 Å². The number of halogens is 3. The van der Waals surface area contributed by atoms with Crippen molar-refractivity contribution in [1.29, 1.82) is 0 Å². The van der Waals surface area contributed by atoms with Gasteiger partial charge >= 0.3 is 0 Å². The van der Waals surface area contributed by atoms with Gasteiger partial charge in [-0.25, -0.2) is 26.6 Å². The molecule has 0 saturated carbocycles. The van der Waals surface area contributed by atoms with E-state index in [4.69, 9.17) is 0 Å². The lowest BCUT2D eigenvalue weighted by Gasteiger charge is -2.16. The third-order valence-corrected chi connectivity index (χ3v) is 4.35. The van der Waals surface area contributed by atoms with Crippen LogP contribution in [0.1, 0.15) is 5.82 Å². The Bertz CT molecular complexity index is 718. The highest BCUT2D eigenvalue weighted by molar-refractivity contribution is 7.89. The van der Waals surface area contributed by atoms with Crippen LogP contribution >= 0.6 is 0 Å². The number of benzene rings is 1. The molecule has 0 aliphatic carbocycles. The molecule has 108 valence electrons. The summed E-state index contributed by atoms with van der Waals surface area (Å²) >= 11 is 0. The van der Waals surface area contributed by atoms with Crippen molar-refractivity contribution in [2.75, 3.05) is 7.05 Å². The summed E-state index contributed by atoms with van der Waals surface area (Å²) in [7, 11) is -3.17. The summed E-state index contributed by atoms with van der Waals surface area (Å²) in [6.45, 7) is -0.221. The average Bonchev–Trinajstić information content (AvgIpc) is 2.88. The molecule has 0 aliphatic heterocycles. The first kappa shape index (κ1) is 14.5. The third kappa shape index (κ3) is 2.51. The lowest BCUT2D eigenvalue weighted by Crippen LogP contribution is -2.28. The fourth-order valence-corrected chi connectivity index (χ4v) is 2.66. The second-order valence-corrected chi connectivity index (χ2v) is 5.88. The first-order chi connectivity index (χ1) is 9.34. The van der Waals surface area contributed by atoms with Crippen molar-refractivity contribution in [1.82, 2.24) is 19.5 Å². The molecule has 1 aromatic carbocycles. The van der Waals surface area contributed by atoms with Crippen molar-refractivity contribution in [2.24, 2.45) is 0 Å². The highest BCUT2D eigenvalue weighted by atomic mass is 32.2. The van der Waals surface area contributed by atoms with Gasteiger partial charge in [-0.2, -0.15) is 9.40 Å². The molecule has 0 bridgehead atoms. The van der Waals surface area contributed by atoms with Crippen LogP contribution in [-0.2, 0) is 16.6 Å². The SMILES string of the molecule is CN(Cc1ncn[nH]1)S(=O)(=O)c1ccc(F)c(F)c1F. The lowest BCUT2D eigenvalue weighted by atomic mass is 10.3. The molecular formula is C10H9F3N4O2S. The quantitative estimate of drug-likeness (QED) is 0.856. The number of hydrogen-bond acceptors (Lipinski definition) is 4. The molecule has 0 radical (unpaired) electrons. The molecule has 0 amide bonds. The Hall–Kier alpha value is -1.94. The topological polar surface area (TPSA) is 79.0 Å². The van der Waals surface area contributed by atoms with Gasteiger partial charge in [-0.1, -0.05) is 0 Å². The second-order valence-electron chi connectivity index (χ2n) is 3.87. The van der Waals surface area contributed by atoms with Crippen molar-refractivity contribution in [2.45, 2.75) is 11.4 Å². The molecule has 2 aromatic rings. The Labute approximate surface area is 112 Å². The molecular weight excluding hydrogens is 297 g/mol. The fourth-order valence-electron chi connectivity index (χ4n) is 1.48. The van der Waals surface area contributed by atoms with Gasteiger partial charge in [-0.05, 0) is 12.1 Å². The predicted molar refractivity (Wildman–Crippen MR) is 61.4 cm³/mol. The van der Waals surface area contributed by atoms with E-state index in [0.29, 0.717) is 12.1 Å². The Kier molecular flexibility index (Phi) is 3.77. The van der Waals surface area contributed by atoms with E-state index in [2.05, 4.69) is 15.2 Å². The van der Waals surface area contributed by atoms with Gasteiger partial charge in [-0.15, -0.1) is 0 Å². The summed E-state index contributed by atoms with van der Waals surface area (Å²) < 4.78 is 64.3. The molecule has 0 fully saturated rings. The van der Waals surface area contributed by atoms with E-state index in [9.17, 15) is 21.6 Å². The van der Waals surface area contributed by atoms with E-state index in [1.165, 1.54) is 6.33 Å². The number of rotatable bonds is 4. The van der Waals surface area contributed by atoms with Gasteiger partial charge in [0.1, 0.15) is 17.0 Å². The van der Waals surface area contributed by atoms with Crippen molar-refractivity contribution < 1.29 is 21.6 Å². The highest BCUT2D eigenvalue weighted by Crippen LogP contribution is 2.22. The molecule has 1 heterocycles. The Morgan fingerprint density at radius 1 is 1.25 bits per heavy atom. The maximum absolute atomic E-state index is 13.5. The Morgan fingerprint density at radius 3 is 2.55 bits per heavy atom. The van der Waals surface area contributed by atoms with Gasteiger partial charge in [0.15, 0.2) is 17.5 Å². The van der Waals surface area contributed by atoms with Gasteiger partial charge in [-0.3, -0.25) is 5.10 Å². The van der Waals surface area contributed by atoms with Crippen LogP contribution in [0.5, 0.6) is 0 Å². The number of nitrogens with one attached hydrogen (secondary N) is 1. The van der Waals surface area contributed by atoms with Crippen LogP contribution in [-0.4, -0.2) is 35.0 Å². The Morgan fingerprint density at radius 2 is 1.95 bits per heavy atom. The summed E-state index contributed by atoms with van der Waals surface area (Å²) in [6, 6.07) is 1.22. The van der Waals surface area contributed by atoms with E-state index >= 15 is 0 Å². The molecule has 6 nitrogen and oxygen atoms in total. The zero-order chi connectivity index (χ0) is 14.9. The molecule has 0 saturated heterocycles. The molecule has 1 aromatic heterocycles. The monoisotopic (exact) mass is 306 g/mol. The zero-order valence-corrected chi connectivity index (χ0v) is 11.0. The smallest absolute Gasteiger partial charge is 0.246 e. The van der Waals surface area contributed by atoms with E-state index in [0.717, 1.165) is 11.4 Å². The molecule has 1 N–H and O–H groups in total. The molecule has 0 spiro atoms. The van der Waals surface area contributed by atoms with Crippen LogP contribution in [0.2, 0.25) is 0 Å². The Balaban J connectivity index is 2.37. The number of H-pyrrole nitrogens is 1. The van der Waals surface area contributed by atoms with Crippen molar-refractivity contribution in [3.8, 4) is 0 Å². The molecule has 2 rings (SSSR count). The lowest BCUT2D eigenvalue weighted by molar-refractivity contribution is 0.419. The van der Waals surface area contributed by atoms with E-state index in [-0.39, 0.29) is 12.4 Å². The average molecular weight is 306 g/mol. The van der Waals surface area contributed by atoms with Gasteiger partial charge in [0, 0.05) is 7.05 Å². The van der Waals surface area contributed by atoms with Gasteiger partial charge < -0.3 is 0 Å². The summed E-state index contributed by atoms with van der Waals surface area (Å²) in [5.41, 5.74) is 0. The van der Waals surface area contributed by atoms with Crippen LogP contribution < -0.4 is 0 Å². The van der Waals surface area contributed by atoms with Crippen LogP contribution in [0.15, 0.2) is 23.4 Å². The molecule has 10 heteroatoms. The summed E-state index contributed by atoms with van der Waals surface area (Å²) in [6.07, 6.45) is 1.17. The largest absolute Gasteiger partial charge is 0.262 e. The molecule has 0 aliphatic rings. The first-order valence-electron chi connectivity index (χ1n) is 5.28. The van der Waals surface area contributed by atoms with Crippen molar-refractivity contribution in [3.05, 3.63) is 41.7 Å². The second kappa shape index (κ2) is 5.21. The first-order valence-corrected chi connectivity index (χ1v) is 6.72. The van der Waals surface area contributed by atoms with Gasteiger partial charge in [0.2, 0.25) is 10.0 Å². The highest BCUT2D eigenvalue weighted by Gasteiger charge is 2.28. The molecule has 0 atom stereocenters. The van der Waals surface area contributed by atoms with Crippen LogP contribution in [0, 0.1) is 17.5 Å². The van der Waals surface area contributed by atoms with Crippen molar-refractivity contribution in [3.63, 3.8) is 0 Å². The predicted octanol–water partition coefficient (Wildman–Crippen LogP) is 1.04. The summed E-state index contributed by atoms with van der Waals surface area (Å²) in [4.78, 5) is 2.77. The number of hydrogen-bond donors (Lipinski definition) is 1. The number of sulfonamides is 1. The number of aromatic nitrogens is 3. The third-order valence-electron chi connectivity index (χ3n) is 2.53. The number of nitrogens with zero attached hydrogens (tertiary/aromatic N) is 3. The molecule has 20 heavy (non-hydrogen) atoms. The van der Waals surface area contributed by atoms with E-state index < -0.39 is 32.4 Å². The van der Waals surface area contributed by atoms with Gasteiger partial charge in [0.25, 0.3) is 0 Å². The van der Waals surface area contributed by atoms with Crippen molar-refractivity contribution >= 4 is 10.0 Å². The maximum atomic E-state index is 13.5. The standard InChI is InChI=1S/C10H9F3N4O2S/c1-17(4-8-14-5-15-16-8)20(18,19)7-3-2-6(11)9(12)10(7)13/h2-3,5H,4H2,1H3,(H,14,15,16). The van der Waals surface area contributed by atoms with E-state index in [1.807, 2.05) is 0 Å². The molecule has 0 unspecified atom stereocenters. The van der Waals surface area contributed by atoms with Crippen LogP contribution in [0.3, 0.4) is 0 Å². The van der Waals surface area contributed by atoms with Crippen LogP contribution in [0.25, 0.3) is 0 Å². The summed E-state index contributed by atoms with van der Waals surface area (Å²) in [5, 5.41) is 5.96. The van der Waals surface area contributed by atoms with E-state index in [1.54, 1.807) is 0 Å². The number of aromatic amines is 1. The zero-order valence-electron chi connectivity index (χ0n) is 10.1. The minimum Gasteiger partial charge on any atom is -0.262 e. The normalized spacial score (nSPS) is 12.1. The maximum Gasteiger partial charge on any atom is 0.246 e. The van der Waals surface area contributed by atoms with Crippen LogP contribution in [0.4, 0.5) is 13.2 Å². The minimum absolute atomic E-state index is 0.221. The minimum atomic E-state index is -4.32. The fraction of sp³-hybridized carbons (Fsp3) is 0.200.